The number of aliphatic hydroxyl groups is 1. The number of allylic oxidation sites excluding steroid dienone is 1. The number of aliphatic hydroxyl groups excluding tert-OH is 1. The summed E-state index contributed by atoms with van der Waals surface area (Å²) in [5.74, 6) is -1.42. The maximum atomic E-state index is 15.2. The molecule has 1 N–H and O–H groups in total. The molecule has 0 saturated heterocycles. The van der Waals surface area contributed by atoms with Gasteiger partial charge in [-0.25, -0.2) is 13.2 Å². The molecule has 1 aliphatic rings. The summed E-state index contributed by atoms with van der Waals surface area (Å²) in [5, 5.41) is 10.2. The van der Waals surface area contributed by atoms with Crippen LogP contribution in [0.4, 0.5) is 13.2 Å². The van der Waals surface area contributed by atoms with E-state index in [9.17, 15) is 9.50 Å². The number of hydrogen-bond donors (Lipinski definition) is 1. The Balaban J connectivity index is 1.39. The fraction of sp³-hybridized carbons (Fsp3) is 0.375. The van der Waals surface area contributed by atoms with Crippen molar-refractivity contribution in [3.63, 3.8) is 0 Å². The second kappa shape index (κ2) is 12.5. The van der Waals surface area contributed by atoms with Gasteiger partial charge < -0.3 is 9.84 Å². The van der Waals surface area contributed by atoms with Crippen molar-refractivity contribution in [2.75, 3.05) is 6.61 Å². The third-order valence-corrected chi connectivity index (χ3v) is 7.31. The van der Waals surface area contributed by atoms with Crippen molar-refractivity contribution in [2.24, 2.45) is 5.92 Å². The van der Waals surface area contributed by atoms with Crippen LogP contribution in [0, 0.1) is 23.4 Å². The highest BCUT2D eigenvalue weighted by Crippen LogP contribution is 2.39. The SMILES string of the molecule is CCCC(O)c1ccc(-c2ccc(C3CCC(/C=C/c4ccc(OCC)c(F)c4)CC3)c(F)c2F)cc1. The molecule has 1 aliphatic carbocycles. The molecule has 196 valence electrons. The number of rotatable bonds is 9. The highest BCUT2D eigenvalue weighted by Gasteiger charge is 2.26. The molecule has 0 radical (unpaired) electrons. The van der Waals surface area contributed by atoms with Crippen LogP contribution in [-0.2, 0) is 0 Å². The zero-order valence-corrected chi connectivity index (χ0v) is 21.5. The predicted molar refractivity (Wildman–Crippen MR) is 143 cm³/mol. The summed E-state index contributed by atoms with van der Waals surface area (Å²) >= 11 is 0. The summed E-state index contributed by atoms with van der Waals surface area (Å²) in [5.41, 5.74) is 2.82. The fourth-order valence-corrected chi connectivity index (χ4v) is 5.19. The van der Waals surface area contributed by atoms with E-state index >= 15 is 8.78 Å². The molecule has 3 aromatic carbocycles. The number of ether oxygens (including phenoxy) is 1. The molecule has 0 spiro atoms. The van der Waals surface area contributed by atoms with E-state index in [-0.39, 0.29) is 23.0 Å². The molecular weight excluding hydrogens is 473 g/mol. The Bertz CT molecular complexity index is 1210. The molecule has 0 heterocycles. The van der Waals surface area contributed by atoms with Crippen molar-refractivity contribution in [1.29, 1.82) is 0 Å². The van der Waals surface area contributed by atoms with Gasteiger partial charge in [-0.3, -0.25) is 0 Å². The molecule has 37 heavy (non-hydrogen) atoms. The summed E-state index contributed by atoms with van der Waals surface area (Å²) in [4.78, 5) is 0. The first-order valence-electron chi connectivity index (χ1n) is 13.3. The van der Waals surface area contributed by atoms with Gasteiger partial charge in [-0.05, 0) is 85.3 Å². The Morgan fingerprint density at radius 2 is 1.65 bits per heavy atom. The molecule has 0 aliphatic heterocycles. The average Bonchev–Trinajstić information content (AvgIpc) is 2.91. The van der Waals surface area contributed by atoms with Crippen LogP contribution >= 0.6 is 0 Å². The van der Waals surface area contributed by atoms with Crippen molar-refractivity contribution in [2.45, 2.75) is 64.4 Å². The van der Waals surface area contributed by atoms with Gasteiger partial charge >= 0.3 is 0 Å². The summed E-state index contributed by atoms with van der Waals surface area (Å²) in [6, 6.07) is 15.3. The van der Waals surface area contributed by atoms with Gasteiger partial charge in [-0.15, -0.1) is 0 Å². The van der Waals surface area contributed by atoms with Crippen LogP contribution in [-0.4, -0.2) is 11.7 Å². The van der Waals surface area contributed by atoms with Gasteiger partial charge in [-0.2, -0.15) is 0 Å². The van der Waals surface area contributed by atoms with E-state index in [2.05, 4.69) is 6.08 Å². The van der Waals surface area contributed by atoms with Crippen molar-refractivity contribution < 1.29 is 23.0 Å². The van der Waals surface area contributed by atoms with Gasteiger partial charge in [-0.1, -0.05) is 68.0 Å². The third-order valence-electron chi connectivity index (χ3n) is 7.31. The first kappa shape index (κ1) is 27.0. The van der Waals surface area contributed by atoms with E-state index in [1.54, 1.807) is 42.5 Å². The van der Waals surface area contributed by atoms with Crippen LogP contribution in [0.3, 0.4) is 0 Å². The summed E-state index contributed by atoms with van der Waals surface area (Å²) in [6.45, 7) is 4.24. The quantitative estimate of drug-likeness (QED) is 0.312. The van der Waals surface area contributed by atoms with Crippen LogP contribution < -0.4 is 4.74 Å². The Morgan fingerprint density at radius 3 is 2.30 bits per heavy atom. The third kappa shape index (κ3) is 6.45. The summed E-state index contributed by atoms with van der Waals surface area (Å²) in [6.07, 6.45) is 8.27. The maximum Gasteiger partial charge on any atom is 0.166 e. The Hall–Kier alpha value is -3.05. The Kier molecular flexibility index (Phi) is 9.09. The zero-order valence-electron chi connectivity index (χ0n) is 21.5. The fourth-order valence-electron chi connectivity index (χ4n) is 5.19. The van der Waals surface area contributed by atoms with Crippen molar-refractivity contribution in [1.82, 2.24) is 0 Å². The molecule has 1 saturated carbocycles. The Labute approximate surface area is 217 Å². The van der Waals surface area contributed by atoms with Crippen molar-refractivity contribution >= 4 is 6.08 Å². The van der Waals surface area contributed by atoms with E-state index in [0.29, 0.717) is 30.1 Å². The van der Waals surface area contributed by atoms with E-state index in [4.69, 9.17) is 4.74 Å². The van der Waals surface area contributed by atoms with Crippen molar-refractivity contribution in [3.05, 3.63) is 94.8 Å². The van der Waals surface area contributed by atoms with Gasteiger partial charge in [0.05, 0.1) is 12.7 Å². The number of hydrogen-bond acceptors (Lipinski definition) is 2. The van der Waals surface area contributed by atoms with Gasteiger partial charge in [0.1, 0.15) is 0 Å². The number of benzene rings is 3. The summed E-state index contributed by atoms with van der Waals surface area (Å²) in [7, 11) is 0. The monoisotopic (exact) mass is 508 g/mol. The first-order chi connectivity index (χ1) is 17.9. The van der Waals surface area contributed by atoms with E-state index < -0.39 is 17.7 Å². The van der Waals surface area contributed by atoms with Crippen LogP contribution in [0.25, 0.3) is 17.2 Å². The molecule has 1 atom stereocenters. The predicted octanol–water partition coefficient (Wildman–Crippen LogP) is 8.99. The first-order valence-corrected chi connectivity index (χ1v) is 13.3. The molecule has 5 heteroatoms. The molecular formula is C32H35F3O2. The maximum absolute atomic E-state index is 15.2. The minimum atomic E-state index is -0.820. The molecule has 0 aromatic heterocycles. The lowest BCUT2D eigenvalue weighted by Crippen LogP contribution is -2.13. The normalized spacial score (nSPS) is 18.8. The van der Waals surface area contributed by atoms with Crippen LogP contribution in [0.2, 0.25) is 0 Å². The lowest BCUT2D eigenvalue weighted by atomic mass is 9.78. The highest BCUT2D eigenvalue weighted by atomic mass is 19.2. The molecule has 4 rings (SSSR count). The van der Waals surface area contributed by atoms with E-state index in [1.807, 2.05) is 26.0 Å². The largest absolute Gasteiger partial charge is 0.491 e. The molecule has 0 amide bonds. The molecule has 1 fully saturated rings. The lowest BCUT2D eigenvalue weighted by molar-refractivity contribution is 0.166. The van der Waals surface area contributed by atoms with Gasteiger partial charge in [0.15, 0.2) is 23.2 Å². The van der Waals surface area contributed by atoms with Crippen molar-refractivity contribution in [3.8, 4) is 16.9 Å². The van der Waals surface area contributed by atoms with Gasteiger partial charge in [0.25, 0.3) is 0 Å². The second-order valence-electron chi connectivity index (χ2n) is 9.85. The van der Waals surface area contributed by atoms with E-state index in [0.717, 1.165) is 43.2 Å². The second-order valence-corrected chi connectivity index (χ2v) is 9.85. The minimum Gasteiger partial charge on any atom is -0.491 e. The lowest BCUT2D eigenvalue weighted by Gasteiger charge is -2.27. The Morgan fingerprint density at radius 1 is 0.919 bits per heavy atom. The molecule has 2 nitrogen and oxygen atoms in total. The molecule has 3 aromatic rings. The standard InChI is InChI=1S/C32H35F3O2/c1-3-5-29(36)25-15-13-24(14-16-25)27-18-17-26(31(34)32(27)35)23-11-8-21(9-12-23)6-7-22-10-19-30(37-4-2)28(33)20-22/h6-7,10,13-21,23,29,36H,3-5,8-9,11-12H2,1-2H3/b7-6+. The number of halogens is 3. The van der Waals surface area contributed by atoms with Crippen LogP contribution in [0.15, 0.2) is 60.7 Å². The van der Waals surface area contributed by atoms with E-state index in [1.165, 1.54) is 6.07 Å². The minimum absolute atomic E-state index is 0.0253. The van der Waals surface area contributed by atoms with Crippen LogP contribution in [0.1, 0.15) is 81.1 Å². The van der Waals surface area contributed by atoms with Gasteiger partial charge in [0.2, 0.25) is 0 Å². The topological polar surface area (TPSA) is 29.5 Å². The zero-order chi connectivity index (χ0) is 26.4. The molecule has 0 bridgehead atoms. The smallest absolute Gasteiger partial charge is 0.166 e. The van der Waals surface area contributed by atoms with Crippen LogP contribution in [0.5, 0.6) is 5.75 Å². The summed E-state index contributed by atoms with van der Waals surface area (Å²) < 4.78 is 49.6. The molecule has 1 unspecified atom stereocenters. The average molecular weight is 509 g/mol. The van der Waals surface area contributed by atoms with Gasteiger partial charge in [0, 0.05) is 5.56 Å². The highest BCUT2D eigenvalue weighted by molar-refractivity contribution is 5.65.